The molecule has 0 spiro atoms. The summed E-state index contributed by atoms with van der Waals surface area (Å²) in [6.45, 7) is 12.0. The Morgan fingerprint density at radius 3 is 2.34 bits per heavy atom. The second-order valence-corrected chi connectivity index (χ2v) is 14.9. The summed E-state index contributed by atoms with van der Waals surface area (Å²) >= 11 is 3.66. The van der Waals surface area contributed by atoms with E-state index in [4.69, 9.17) is 4.74 Å². The van der Waals surface area contributed by atoms with Crippen LogP contribution in [0.15, 0.2) is 0 Å². The first-order valence-corrected chi connectivity index (χ1v) is 14.9. The lowest BCUT2D eigenvalue weighted by atomic mass is 9.43. The van der Waals surface area contributed by atoms with Gasteiger partial charge in [-0.2, -0.15) is 0 Å². The summed E-state index contributed by atoms with van der Waals surface area (Å²) in [5.41, 5.74) is -0.868. The van der Waals surface area contributed by atoms with Gasteiger partial charge in [0.25, 0.3) is 5.92 Å². The minimum absolute atomic E-state index is 0.0291. The van der Waals surface area contributed by atoms with Crippen molar-refractivity contribution in [1.82, 2.24) is 0 Å². The Kier molecular flexibility index (Phi) is 7.55. The first-order valence-electron chi connectivity index (χ1n) is 14.0. The zero-order valence-corrected chi connectivity index (χ0v) is 24.2. The molecule has 6 heteroatoms. The van der Waals surface area contributed by atoms with Crippen molar-refractivity contribution in [2.75, 3.05) is 0 Å². The van der Waals surface area contributed by atoms with Crippen molar-refractivity contribution < 1.29 is 23.4 Å². The van der Waals surface area contributed by atoms with Crippen molar-refractivity contribution in [2.24, 2.45) is 46.3 Å². The Hall–Kier alpha value is -0.230. The van der Waals surface area contributed by atoms with Crippen LogP contribution in [0.25, 0.3) is 0 Å². The normalized spacial score (nSPS) is 44.5. The van der Waals surface area contributed by atoms with Gasteiger partial charge in [-0.25, -0.2) is 8.78 Å². The Morgan fingerprint density at radius 1 is 1.09 bits per heavy atom. The van der Waals surface area contributed by atoms with Gasteiger partial charge in [-0.3, -0.25) is 4.79 Å². The standard InChI is InChI=1S/C29H47BrF2O3/c1-17(7-10-24(30)26(3,4)34)21-8-9-22-25-23(12-14-28(21,22)6)27(5)13-11-20(35-18(2)33)15-19(27)16-29(25,31)32/h17,19-25,34H,7-16H2,1-6H3/t17-,19-,20+,21-,22+,23+,24?,25+,27+,28-/m1/s1. The summed E-state index contributed by atoms with van der Waals surface area (Å²) in [5, 5.41) is 10.3. The molecule has 4 saturated carbocycles. The van der Waals surface area contributed by atoms with Crippen molar-refractivity contribution in [3.05, 3.63) is 0 Å². The number of rotatable bonds is 6. The molecule has 0 bridgehead atoms. The number of alkyl halides is 3. The molecule has 4 fully saturated rings. The van der Waals surface area contributed by atoms with Crippen LogP contribution in [0.5, 0.6) is 0 Å². The van der Waals surface area contributed by atoms with E-state index in [2.05, 4.69) is 36.7 Å². The van der Waals surface area contributed by atoms with Crippen molar-refractivity contribution in [1.29, 1.82) is 0 Å². The van der Waals surface area contributed by atoms with Gasteiger partial charge in [-0.05, 0) is 112 Å². The van der Waals surface area contributed by atoms with E-state index < -0.39 is 17.4 Å². The molecule has 0 radical (unpaired) electrons. The van der Waals surface area contributed by atoms with E-state index in [0.29, 0.717) is 18.3 Å². The number of hydrogen-bond acceptors (Lipinski definition) is 3. The van der Waals surface area contributed by atoms with E-state index in [-0.39, 0.29) is 51.9 Å². The van der Waals surface area contributed by atoms with Gasteiger partial charge in [0.05, 0.1) is 5.60 Å². The molecule has 0 amide bonds. The van der Waals surface area contributed by atoms with E-state index in [0.717, 1.165) is 51.4 Å². The molecule has 4 rings (SSSR count). The lowest BCUT2D eigenvalue weighted by molar-refractivity contribution is -0.239. The summed E-state index contributed by atoms with van der Waals surface area (Å²) in [7, 11) is 0. The Bertz CT molecular complexity index is 797. The summed E-state index contributed by atoms with van der Waals surface area (Å²) in [6, 6.07) is 0. The lowest BCUT2D eigenvalue weighted by Gasteiger charge is -2.63. The predicted octanol–water partition coefficient (Wildman–Crippen LogP) is 7.77. The number of halogens is 3. The van der Waals surface area contributed by atoms with Gasteiger partial charge in [-0.15, -0.1) is 0 Å². The fourth-order valence-electron chi connectivity index (χ4n) is 9.40. The molecule has 4 aliphatic rings. The molecule has 0 aromatic carbocycles. The van der Waals surface area contributed by atoms with Crippen molar-refractivity contribution >= 4 is 21.9 Å². The summed E-state index contributed by atoms with van der Waals surface area (Å²) in [6.07, 6.45) is 7.84. The van der Waals surface area contributed by atoms with Crippen LogP contribution in [0.3, 0.4) is 0 Å². The second kappa shape index (κ2) is 9.50. The van der Waals surface area contributed by atoms with Crippen molar-refractivity contribution in [2.45, 2.75) is 128 Å². The molecule has 1 N–H and O–H groups in total. The molecule has 1 unspecified atom stereocenters. The maximum atomic E-state index is 16.1. The van der Waals surface area contributed by atoms with Gasteiger partial charge >= 0.3 is 5.97 Å². The van der Waals surface area contributed by atoms with E-state index in [1.165, 1.54) is 6.92 Å². The molecule has 35 heavy (non-hydrogen) atoms. The van der Waals surface area contributed by atoms with Crippen LogP contribution in [0, 0.1) is 46.3 Å². The number of ether oxygens (including phenoxy) is 1. The van der Waals surface area contributed by atoms with Gasteiger partial charge in [-0.1, -0.05) is 36.7 Å². The van der Waals surface area contributed by atoms with E-state index in [1.807, 2.05) is 13.8 Å². The quantitative estimate of drug-likeness (QED) is 0.266. The maximum Gasteiger partial charge on any atom is 0.302 e. The zero-order valence-electron chi connectivity index (χ0n) is 22.6. The predicted molar refractivity (Wildman–Crippen MR) is 139 cm³/mol. The van der Waals surface area contributed by atoms with Crippen LogP contribution < -0.4 is 0 Å². The molecular formula is C29H47BrF2O3. The molecule has 0 aliphatic heterocycles. The van der Waals surface area contributed by atoms with E-state index >= 15 is 8.78 Å². The lowest BCUT2D eigenvalue weighted by Crippen LogP contribution is -2.61. The van der Waals surface area contributed by atoms with E-state index in [9.17, 15) is 9.90 Å². The Balaban J connectivity index is 1.51. The molecule has 3 nitrogen and oxygen atoms in total. The minimum atomic E-state index is -2.65. The van der Waals surface area contributed by atoms with E-state index in [1.54, 1.807) is 0 Å². The SMILES string of the molecule is CC(=O)O[C@H]1CC[C@@]2(C)[C@H](C1)CC(F)(F)[C@@H]1[C@@H]2CC[C@]2(C)[C@@H]([C@H](C)CCC(Br)C(C)(C)O)CC[C@@H]12. The number of esters is 1. The highest BCUT2D eigenvalue weighted by molar-refractivity contribution is 9.09. The molecule has 4 aliphatic carbocycles. The summed E-state index contributed by atoms with van der Waals surface area (Å²) in [4.78, 5) is 11.5. The number of carbonyl (C=O) groups excluding carboxylic acids is 1. The highest BCUT2D eigenvalue weighted by Gasteiger charge is 2.68. The maximum absolute atomic E-state index is 16.1. The molecule has 0 saturated heterocycles. The van der Waals surface area contributed by atoms with Gasteiger partial charge in [0, 0.05) is 24.1 Å². The molecule has 0 aromatic heterocycles. The fourth-order valence-corrected chi connectivity index (χ4v) is 9.66. The molecular weight excluding hydrogens is 514 g/mol. The third kappa shape index (κ3) is 4.98. The summed E-state index contributed by atoms with van der Waals surface area (Å²) < 4.78 is 37.6. The van der Waals surface area contributed by atoms with Gasteiger partial charge < -0.3 is 9.84 Å². The monoisotopic (exact) mass is 560 g/mol. The van der Waals surface area contributed by atoms with Crippen LogP contribution in [0.4, 0.5) is 8.78 Å². The molecule has 0 heterocycles. The number of aliphatic hydroxyl groups is 1. The van der Waals surface area contributed by atoms with Crippen molar-refractivity contribution in [3.8, 4) is 0 Å². The number of fused-ring (bicyclic) bond motifs is 5. The Morgan fingerprint density at radius 2 is 1.71 bits per heavy atom. The minimum Gasteiger partial charge on any atom is -0.463 e. The topological polar surface area (TPSA) is 46.5 Å². The first-order chi connectivity index (χ1) is 16.1. The smallest absolute Gasteiger partial charge is 0.302 e. The molecule has 10 atom stereocenters. The summed E-state index contributed by atoms with van der Waals surface area (Å²) in [5.74, 6) is -2.47. The number of hydrogen-bond donors (Lipinski definition) is 1. The van der Waals surface area contributed by atoms with Gasteiger partial charge in [0.2, 0.25) is 0 Å². The first kappa shape index (κ1) is 27.8. The zero-order chi connectivity index (χ0) is 26.0. The van der Waals surface area contributed by atoms with Crippen molar-refractivity contribution in [3.63, 3.8) is 0 Å². The van der Waals surface area contributed by atoms with Crippen LogP contribution in [0.2, 0.25) is 0 Å². The third-order valence-electron chi connectivity index (χ3n) is 11.3. The third-order valence-corrected chi connectivity index (χ3v) is 12.9. The number of carbonyl (C=O) groups is 1. The Labute approximate surface area is 219 Å². The van der Waals surface area contributed by atoms with Crippen LogP contribution in [-0.2, 0) is 9.53 Å². The van der Waals surface area contributed by atoms with Crippen LogP contribution in [0.1, 0.15) is 106 Å². The largest absolute Gasteiger partial charge is 0.463 e. The second-order valence-electron chi connectivity index (χ2n) is 13.8. The highest BCUT2D eigenvalue weighted by Crippen LogP contribution is 2.71. The molecule has 202 valence electrons. The van der Waals surface area contributed by atoms with Gasteiger partial charge in [0.15, 0.2) is 0 Å². The average Bonchev–Trinajstić information content (AvgIpc) is 3.08. The highest BCUT2D eigenvalue weighted by atomic mass is 79.9. The van der Waals surface area contributed by atoms with Crippen LogP contribution >= 0.6 is 15.9 Å². The molecule has 0 aromatic rings. The average molecular weight is 562 g/mol. The van der Waals surface area contributed by atoms with Gasteiger partial charge in [0.1, 0.15) is 6.10 Å². The fraction of sp³-hybridized carbons (Fsp3) is 0.966. The van der Waals surface area contributed by atoms with Crippen LogP contribution in [-0.4, -0.2) is 33.5 Å².